The first-order chi connectivity index (χ1) is 30.6. The van der Waals surface area contributed by atoms with Crippen LogP contribution >= 0.6 is 7.82 Å². The maximum absolute atomic E-state index is 12.8. The molecule has 0 heterocycles. The van der Waals surface area contributed by atoms with Crippen molar-refractivity contribution in [1.82, 2.24) is 0 Å². The summed E-state index contributed by atoms with van der Waals surface area (Å²) in [6.45, 7) is 5.40. The molecule has 0 aromatic heterocycles. The van der Waals surface area contributed by atoms with Crippen molar-refractivity contribution < 1.29 is 37.3 Å². The molecule has 0 radical (unpaired) electrons. The number of carbonyl (C=O) groups is 1. The normalized spacial score (nSPS) is 14.3. The zero-order valence-corrected chi connectivity index (χ0v) is 42.2. The Balaban J connectivity index is 4.19. The molecule has 0 spiro atoms. The van der Waals surface area contributed by atoms with E-state index in [1.165, 1.54) is 89.9 Å². The number of quaternary nitrogens is 1. The van der Waals surface area contributed by atoms with Crippen LogP contribution in [0.2, 0.25) is 0 Å². The highest BCUT2D eigenvalue weighted by Crippen LogP contribution is 2.43. The van der Waals surface area contributed by atoms with Gasteiger partial charge in [-0.05, 0) is 89.9 Å². The molecular weight excluding hydrogens is 806 g/mol. The third-order valence-electron chi connectivity index (χ3n) is 10.4. The molecule has 0 saturated heterocycles. The average molecular weight is 903 g/mol. The number of unbranched alkanes of at least 4 members (excludes halogenated alkanes) is 18. The molecule has 0 fully saturated rings. The summed E-state index contributed by atoms with van der Waals surface area (Å²) in [5.41, 5.74) is 0. The lowest BCUT2D eigenvalue weighted by Crippen LogP contribution is -2.37. The third-order valence-corrected chi connectivity index (χ3v) is 11.4. The van der Waals surface area contributed by atoms with Gasteiger partial charge in [0.15, 0.2) is 0 Å². The van der Waals surface area contributed by atoms with Gasteiger partial charge in [0.2, 0.25) is 0 Å². The first kappa shape index (κ1) is 60.7. The summed E-state index contributed by atoms with van der Waals surface area (Å²) in [6.07, 6.45) is 62.0. The van der Waals surface area contributed by atoms with Crippen LogP contribution in [0.4, 0.5) is 0 Å². The molecule has 9 heteroatoms. The molecule has 8 nitrogen and oxygen atoms in total. The molecule has 0 bridgehead atoms. The van der Waals surface area contributed by atoms with Crippen LogP contribution < -0.4 is 0 Å². The second-order valence-electron chi connectivity index (χ2n) is 17.8. The maximum Gasteiger partial charge on any atom is 0.472 e. The van der Waals surface area contributed by atoms with Crippen molar-refractivity contribution in [3.8, 4) is 0 Å². The van der Waals surface area contributed by atoms with Crippen LogP contribution in [0, 0.1) is 0 Å². The van der Waals surface area contributed by atoms with Gasteiger partial charge in [0.25, 0.3) is 0 Å². The SMILES string of the molecule is CC/C=C\C/C=C\C/C=C\C/C=C\CCCCCOCC(COP(=O)(O)OCC[N+](C)(C)C)OC(=O)CCCCCCCCCCCC/C=C\C/C=C\C/C=C\CCCCCCC. The van der Waals surface area contributed by atoms with Crippen LogP contribution in [-0.4, -0.2) is 75.6 Å². The second kappa shape index (κ2) is 46.2. The van der Waals surface area contributed by atoms with Crippen molar-refractivity contribution in [1.29, 1.82) is 0 Å². The van der Waals surface area contributed by atoms with Crippen LogP contribution in [0.1, 0.15) is 194 Å². The number of hydrogen-bond donors (Lipinski definition) is 1. The smallest absolute Gasteiger partial charge is 0.457 e. The summed E-state index contributed by atoms with van der Waals surface area (Å²) in [5.74, 6) is -0.332. The van der Waals surface area contributed by atoms with E-state index in [1.54, 1.807) is 0 Å². The Morgan fingerprint density at radius 1 is 0.508 bits per heavy atom. The summed E-state index contributed by atoms with van der Waals surface area (Å²) >= 11 is 0. The van der Waals surface area contributed by atoms with Gasteiger partial charge in [0, 0.05) is 13.0 Å². The van der Waals surface area contributed by atoms with E-state index in [1.807, 2.05) is 21.1 Å². The van der Waals surface area contributed by atoms with Crippen LogP contribution in [-0.2, 0) is 27.9 Å². The first-order valence-electron chi connectivity index (χ1n) is 25.3. The van der Waals surface area contributed by atoms with Crippen molar-refractivity contribution in [2.24, 2.45) is 0 Å². The molecule has 0 saturated carbocycles. The molecule has 2 unspecified atom stereocenters. The zero-order valence-electron chi connectivity index (χ0n) is 41.3. The number of carbonyl (C=O) groups excluding carboxylic acids is 1. The number of phosphoric ester groups is 1. The van der Waals surface area contributed by atoms with Gasteiger partial charge >= 0.3 is 13.8 Å². The summed E-state index contributed by atoms with van der Waals surface area (Å²) in [4.78, 5) is 23.0. The van der Waals surface area contributed by atoms with E-state index in [9.17, 15) is 14.3 Å². The Kier molecular flexibility index (Phi) is 44.5. The predicted molar refractivity (Wildman–Crippen MR) is 270 cm³/mol. The highest BCUT2D eigenvalue weighted by molar-refractivity contribution is 7.47. The number of allylic oxidation sites excluding steroid dienone is 14. The largest absolute Gasteiger partial charge is 0.472 e. The van der Waals surface area contributed by atoms with E-state index in [0.29, 0.717) is 24.1 Å². The Bertz CT molecular complexity index is 1280. The second-order valence-corrected chi connectivity index (χ2v) is 19.3. The Labute approximate surface area is 388 Å². The van der Waals surface area contributed by atoms with Gasteiger partial charge in [-0.25, -0.2) is 4.57 Å². The van der Waals surface area contributed by atoms with Crippen molar-refractivity contribution in [3.05, 3.63) is 85.1 Å². The van der Waals surface area contributed by atoms with Gasteiger partial charge < -0.3 is 18.9 Å². The summed E-state index contributed by atoms with van der Waals surface area (Å²) in [6, 6.07) is 0. The Morgan fingerprint density at radius 2 is 0.921 bits per heavy atom. The monoisotopic (exact) mass is 903 g/mol. The summed E-state index contributed by atoms with van der Waals surface area (Å²) in [7, 11) is 1.63. The predicted octanol–water partition coefficient (Wildman–Crippen LogP) is 15.6. The summed E-state index contributed by atoms with van der Waals surface area (Å²) in [5, 5.41) is 0. The molecule has 2 atom stereocenters. The fourth-order valence-electron chi connectivity index (χ4n) is 6.55. The molecule has 0 aliphatic heterocycles. The van der Waals surface area contributed by atoms with E-state index in [4.69, 9.17) is 18.5 Å². The van der Waals surface area contributed by atoms with Crippen molar-refractivity contribution >= 4 is 13.8 Å². The van der Waals surface area contributed by atoms with Crippen LogP contribution in [0.15, 0.2) is 85.1 Å². The molecule has 0 rings (SSSR count). The third kappa shape index (κ3) is 50.5. The van der Waals surface area contributed by atoms with E-state index in [2.05, 4.69) is 98.9 Å². The number of ether oxygens (including phenoxy) is 2. The molecule has 364 valence electrons. The maximum atomic E-state index is 12.8. The fourth-order valence-corrected chi connectivity index (χ4v) is 7.29. The lowest BCUT2D eigenvalue weighted by Gasteiger charge is -2.24. The van der Waals surface area contributed by atoms with Gasteiger partial charge in [-0.2, -0.15) is 0 Å². The molecule has 0 aromatic rings. The Hall–Kier alpha value is -2.32. The Morgan fingerprint density at radius 3 is 1.38 bits per heavy atom. The van der Waals surface area contributed by atoms with Crippen LogP contribution in [0.25, 0.3) is 0 Å². The van der Waals surface area contributed by atoms with Crippen LogP contribution in [0.5, 0.6) is 0 Å². The van der Waals surface area contributed by atoms with Gasteiger partial charge in [-0.15, -0.1) is 0 Å². The minimum Gasteiger partial charge on any atom is -0.457 e. The number of nitrogens with zero attached hydrogens (tertiary/aromatic N) is 1. The lowest BCUT2D eigenvalue weighted by molar-refractivity contribution is -0.870. The first-order valence-corrected chi connectivity index (χ1v) is 26.8. The van der Waals surface area contributed by atoms with Crippen LogP contribution in [0.3, 0.4) is 0 Å². The van der Waals surface area contributed by atoms with Gasteiger partial charge in [0.1, 0.15) is 19.3 Å². The number of esters is 1. The number of phosphoric acid groups is 1. The lowest BCUT2D eigenvalue weighted by atomic mass is 10.0. The minimum atomic E-state index is -4.30. The van der Waals surface area contributed by atoms with Gasteiger partial charge in [-0.3, -0.25) is 13.8 Å². The molecule has 0 aliphatic rings. The standard InChI is InChI=1S/C54H96NO7P/c1-6-8-10-12-14-16-18-20-22-24-25-26-27-28-29-30-31-32-33-35-37-39-41-43-45-47-54(56)62-53(52-61-63(57,58)60-50-48-55(3,4)5)51-59-49-46-44-42-40-38-36-34-23-21-19-17-15-13-11-9-7-2/h9,11,15,17-18,20-21,23-25,27-28,36,38,53H,6-8,10,12-14,16,19,22,26,29-35,37,39-52H2,1-5H3/p+1/b11-9-,17-15-,20-18-,23-21-,25-24-,28-27-,38-36-. The van der Waals surface area contributed by atoms with Gasteiger partial charge in [-0.1, -0.05) is 182 Å². The van der Waals surface area contributed by atoms with E-state index < -0.39 is 13.9 Å². The highest BCUT2D eigenvalue weighted by Gasteiger charge is 2.26. The number of hydrogen-bond acceptors (Lipinski definition) is 6. The molecule has 0 aliphatic carbocycles. The van der Waals surface area contributed by atoms with Crippen molar-refractivity contribution in [2.75, 3.05) is 54.1 Å². The molecule has 0 aromatic carbocycles. The van der Waals surface area contributed by atoms with Gasteiger partial charge in [0.05, 0.1) is 34.4 Å². The fraction of sp³-hybridized carbons (Fsp3) is 0.722. The quantitative estimate of drug-likeness (QED) is 0.0214. The minimum absolute atomic E-state index is 0.0769. The molecular formula is C54H97NO7P+. The van der Waals surface area contributed by atoms with E-state index in [-0.39, 0.29) is 25.8 Å². The highest BCUT2D eigenvalue weighted by atomic mass is 31.2. The van der Waals surface area contributed by atoms with Crippen molar-refractivity contribution in [3.63, 3.8) is 0 Å². The zero-order chi connectivity index (χ0) is 46.2. The molecule has 1 N–H and O–H groups in total. The number of rotatable bonds is 46. The van der Waals surface area contributed by atoms with E-state index >= 15 is 0 Å². The number of likely N-dealkylation sites (N-methyl/N-ethyl adjacent to an activating group) is 1. The average Bonchev–Trinajstić information content (AvgIpc) is 3.24. The topological polar surface area (TPSA) is 91.3 Å². The molecule has 0 amide bonds. The summed E-state index contributed by atoms with van der Waals surface area (Å²) < 4.78 is 35.1. The van der Waals surface area contributed by atoms with E-state index in [0.717, 1.165) is 83.5 Å². The van der Waals surface area contributed by atoms with Crippen molar-refractivity contribution in [2.45, 2.75) is 200 Å². The molecule has 63 heavy (non-hydrogen) atoms.